The monoisotopic (exact) mass is 277 g/mol. The normalized spacial score (nSPS) is 38.9. The molecule has 0 radical (unpaired) electrons. The van der Waals surface area contributed by atoms with Crippen molar-refractivity contribution in [3.8, 4) is 0 Å². The lowest BCUT2D eigenvalue weighted by Crippen LogP contribution is -2.45. The molecule has 2 fully saturated rings. The van der Waals surface area contributed by atoms with E-state index in [0.29, 0.717) is 5.92 Å². The molecule has 0 saturated heterocycles. The molecule has 2 aliphatic rings. The Labute approximate surface area is 121 Å². The van der Waals surface area contributed by atoms with Gasteiger partial charge in [-0.2, -0.15) is 4.98 Å². The van der Waals surface area contributed by atoms with E-state index in [-0.39, 0.29) is 11.5 Å². The van der Waals surface area contributed by atoms with E-state index in [1.807, 2.05) is 0 Å². The SMILES string of the molecule is CC1CCCC(c2noc(C3(C)CCCCC3N)n2)C1. The lowest BCUT2D eigenvalue weighted by atomic mass is 9.72. The Hall–Kier alpha value is -0.900. The molecular formula is C16H27N3O. The van der Waals surface area contributed by atoms with Crippen LogP contribution in [0.25, 0.3) is 0 Å². The molecule has 112 valence electrons. The average molecular weight is 277 g/mol. The van der Waals surface area contributed by atoms with Crippen LogP contribution in [0.5, 0.6) is 0 Å². The van der Waals surface area contributed by atoms with Crippen LogP contribution in [0, 0.1) is 5.92 Å². The first kappa shape index (κ1) is 14.1. The van der Waals surface area contributed by atoms with Gasteiger partial charge in [0.05, 0.1) is 5.41 Å². The molecule has 0 aromatic carbocycles. The largest absolute Gasteiger partial charge is 0.339 e. The van der Waals surface area contributed by atoms with Gasteiger partial charge in [-0.05, 0) is 38.5 Å². The van der Waals surface area contributed by atoms with Crippen molar-refractivity contribution in [1.29, 1.82) is 0 Å². The quantitative estimate of drug-likeness (QED) is 0.898. The summed E-state index contributed by atoms with van der Waals surface area (Å²) in [5, 5.41) is 4.29. The van der Waals surface area contributed by atoms with Crippen molar-refractivity contribution in [2.75, 3.05) is 0 Å². The molecule has 4 unspecified atom stereocenters. The van der Waals surface area contributed by atoms with E-state index in [2.05, 4.69) is 19.0 Å². The third-order valence-electron chi connectivity index (χ3n) is 5.51. The Morgan fingerprint density at radius 2 is 2.05 bits per heavy atom. The van der Waals surface area contributed by atoms with Crippen molar-refractivity contribution < 1.29 is 4.52 Å². The molecule has 2 N–H and O–H groups in total. The molecule has 4 nitrogen and oxygen atoms in total. The second-order valence-corrected chi connectivity index (χ2v) is 7.20. The fraction of sp³-hybridized carbons (Fsp3) is 0.875. The van der Waals surface area contributed by atoms with Gasteiger partial charge in [-0.25, -0.2) is 0 Å². The third-order valence-corrected chi connectivity index (χ3v) is 5.51. The summed E-state index contributed by atoms with van der Waals surface area (Å²) in [5.41, 5.74) is 6.21. The molecule has 1 aromatic rings. The highest BCUT2D eigenvalue weighted by Gasteiger charge is 2.41. The standard InChI is InChI=1S/C16H27N3O/c1-11-6-5-7-12(10-11)14-18-15(20-19-14)16(2)9-4-3-8-13(16)17/h11-13H,3-10,17H2,1-2H3. The van der Waals surface area contributed by atoms with Crippen molar-refractivity contribution in [3.63, 3.8) is 0 Å². The van der Waals surface area contributed by atoms with Gasteiger partial charge < -0.3 is 10.3 Å². The van der Waals surface area contributed by atoms with E-state index < -0.39 is 0 Å². The van der Waals surface area contributed by atoms with Gasteiger partial charge in [-0.3, -0.25) is 0 Å². The van der Waals surface area contributed by atoms with E-state index in [9.17, 15) is 0 Å². The van der Waals surface area contributed by atoms with Gasteiger partial charge in [0.2, 0.25) is 5.89 Å². The predicted molar refractivity (Wildman–Crippen MR) is 78.5 cm³/mol. The van der Waals surface area contributed by atoms with Crippen LogP contribution < -0.4 is 5.73 Å². The zero-order valence-corrected chi connectivity index (χ0v) is 12.8. The van der Waals surface area contributed by atoms with Crippen molar-refractivity contribution >= 4 is 0 Å². The van der Waals surface area contributed by atoms with Crippen LogP contribution in [0.1, 0.15) is 82.8 Å². The fourth-order valence-corrected chi connectivity index (χ4v) is 3.93. The Kier molecular flexibility index (Phi) is 3.85. The minimum absolute atomic E-state index is 0.121. The second-order valence-electron chi connectivity index (χ2n) is 7.20. The minimum Gasteiger partial charge on any atom is -0.339 e. The first-order valence-electron chi connectivity index (χ1n) is 8.19. The topological polar surface area (TPSA) is 64.9 Å². The predicted octanol–water partition coefficient (Wildman–Crippen LogP) is 3.52. The Morgan fingerprint density at radius 1 is 1.20 bits per heavy atom. The highest BCUT2D eigenvalue weighted by molar-refractivity contribution is 5.11. The van der Waals surface area contributed by atoms with Gasteiger partial charge in [0.25, 0.3) is 0 Å². The number of aromatic nitrogens is 2. The summed E-state index contributed by atoms with van der Waals surface area (Å²) in [6.45, 7) is 4.52. The second kappa shape index (κ2) is 5.47. The molecule has 4 atom stereocenters. The van der Waals surface area contributed by atoms with Gasteiger partial charge in [0.15, 0.2) is 5.82 Å². The first-order valence-corrected chi connectivity index (χ1v) is 8.19. The van der Waals surface area contributed by atoms with Crippen LogP contribution in [-0.4, -0.2) is 16.2 Å². The van der Waals surface area contributed by atoms with E-state index in [1.54, 1.807) is 0 Å². The molecule has 1 heterocycles. The number of hydrogen-bond acceptors (Lipinski definition) is 4. The smallest absolute Gasteiger partial charge is 0.234 e. The van der Waals surface area contributed by atoms with E-state index in [0.717, 1.165) is 30.5 Å². The Bertz CT molecular complexity index is 458. The van der Waals surface area contributed by atoms with Crippen molar-refractivity contribution in [1.82, 2.24) is 10.1 Å². The van der Waals surface area contributed by atoms with Crippen LogP contribution in [-0.2, 0) is 5.41 Å². The molecule has 3 rings (SSSR count). The van der Waals surface area contributed by atoms with Gasteiger partial charge in [0.1, 0.15) is 0 Å². The number of hydrogen-bond donors (Lipinski definition) is 1. The van der Waals surface area contributed by atoms with Crippen LogP contribution in [0.3, 0.4) is 0 Å². The Morgan fingerprint density at radius 3 is 2.80 bits per heavy atom. The molecule has 0 bridgehead atoms. The maximum absolute atomic E-state index is 6.33. The van der Waals surface area contributed by atoms with E-state index in [1.165, 1.54) is 38.5 Å². The molecular weight excluding hydrogens is 250 g/mol. The van der Waals surface area contributed by atoms with Gasteiger partial charge in [0, 0.05) is 12.0 Å². The maximum Gasteiger partial charge on any atom is 0.234 e. The van der Waals surface area contributed by atoms with Crippen molar-refractivity contribution in [2.24, 2.45) is 11.7 Å². The summed E-state index contributed by atoms with van der Waals surface area (Å²) in [7, 11) is 0. The highest BCUT2D eigenvalue weighted by atomic mass is 16.5. The summed E-state index contributed by atoms with van der Waals surface area (Å²) in [5.74, 6) is 2.96. The molecule has 2 saturated carbocycles. The highest BCUT2D eigenvalue weighted by Crippen LogP contribution is 2.39. The summed E-state index contributed by atoms with van der Waals surface area (Å²) in [4.78, 5) is 4.76. The summed E-state index contributed by atoms with van der Waals surface area (Å²) >= 11 is 0. The van der Waals surface area contributed by atoms with Gasteiger partial charge >= 0.3 is 0 Å². The lowest BCUT2D eigenvalue weighted by molar-refractivity contribution is 0.202. The third kappa shape index (κ3) is 2.50. The summed E-state index contributed by atoms with van der Waals surface area (Å²) in [6, 6.07) is 0.148. The van der Waals surface area contributed by atoms with Crippen LogP contribution >= 0.6 is 0 Å². The van der Waals surface area contributed by atoms with Crippen molar-refractivity contribution in [2.45, 2.75) is 82.6 Å². The maximum atomic E-state index is 6.33. The zero-order valence-electron chi connectivity index (χ0n) is 12.8. The Balaban J connectivity index is 1.79. The molecule has 0 aliphatic heterocycles. The summed E-state index contributed by atoms with van der Waals surface area (Å²) < 4.78 is 5.62. The van der Waals surface area contributed by atoms with Gasteiger partial charge in [-0.1, -0.05) is 37.8 Å². The molecule has 2 aliphatic carbocycles. The van der Waals surface area contributed by atoms with Crippen LogP contribution in [0.15, 0.2) is 4.52 Å². The molecule has 0 amide bonds. The zero-order chi connectivity index (χ0) is 14.2. The molecule has 1 aromatic heterocycles. The first-order chi connectivity index (χ1) is 9.59. The number of nitrogens with zero attached hydrogens (tertiary/aromatic N) is 2. The van der Waals surface area contributed by atoms with Crippen LogP contribution in [0.2, 0.25) is 0 Å². The number of rotatable bonds is 2. The van der Waals surface area contributed by atoms with Gasteiger partial charge in [-0.15, -0.1) is 0 Å². The van der Waals surface area contributed by atoms with E-state index >= 15 is 0 Å². The minimum atomic E-state index is -0.121. The lowest BCUT2D eigenvalue weighted by Gasteiger charge is -2.36. The number of nitrogens with two attached hydrogens (primary N) is 1. The fourth-order valence-electron chi connectivity index (χ4n) is 3.93. The van der Waals surface area contributed by atoms with Crippen molar-refractivity contribution in [3.05, 3.63) is 11.7 Å². The molecule has 4 heteroatoms. The summed E-state index contributed by atoms with van der Waals surface area (Å²) in [6.07, 6.45) is 9.58. The molecule has 0 spiro atoms. The van der Waals surface area contributed by atoms with Crippen LogP contribution in [0.4, 0.5) is 0 Å². The molecule has 20 heavy (non-hydrogen) atoms. The van der Waals surface area contributed by atoms with E-state index in [4.69, 9.17) is 15.2 Å². The average Bonchev–Trinajstić information content (AvgIpc) is 2.93.